The van der Waals surface area contributed by atoms with Gasteiger partial charge in [-0.05, 0) is 17.5 Å². The van der Waals surface area contributed by atoms with Gasteiger partial charge >= 0.3 is 11.9 Å². The van der Waals surface area contributed by atoms with Crippen LogP contribution in [0, 0.1) is 0 Å². The minimum absolute atomic E-state index is 0.347. The first kappa shape index (κ1) is 13.5. The second kappa shape index (κ2) is 5.40. The molecule has 2 aromatic rings. The lowest BCUT2D eigenvalue weighted by molar-refractivity contribution is -0.137. The molecule has 2 aromatic carbocycles. The third kappa shape index (κ3) is 2.74. The average Bonchev–Trinajstić information content (AvgIpc) is 2.37. The van der Waals surface area contributed by atoms with Crippen LogP contribution < -0.4 is 5.73 Å². The molecule has 0 aliphatic heterocycles. The maximum Gasteiger partial charge on any atom is 0.350 e. The highest BCUT2D eigenvalue weighted by Gasteiger charge is 2.15. The van der Waals surface area contributed by atoms with Crippen LogP contribution in [0.5, 0.6) is 0 Å². The number of hydrogen-bond acceptors (Lipinski definition) is 4. The summed E-state index contributed by atoms with van der Waals surface area (Å²) in [5, 5.41) is 19.1. The van der Waals surface area contributed by atoms with E-state index in [-0.39, 0.29) is 0 Å². The molecule has 20 heavy (non-hydrogen) atoms. The predicted molar refractivity (Wildman–Crippen MR) is 75.3 cm³/mol. The topological polar surface area (TPSA) is 113 Å². The number of carboxylic acids is 2. The van der Waals surface area contributed by atoms with Gasteiger partial charge in [-0.15, -0.1) is 0 Å². The number of anilines is 1. The van der Waals surface area contributed by atoms with Crippen molar-refractivity contribution in [3.05, 3.63) is 36.4 Å². The Kier molecular flexibility index (Phi) is 3.65. The van der Waals surface area contributed by atoms with E-state index in [1.54, 1.807) is 24.3 Å². The van der Waals surface area contributed by atoms with Crippen molar-refractivity contribution in [3.63, 3.8) is 0 Å². The van der Waals surface area contributed by atoms with Crippen molar-refractivity contribution in [1.82, 2.24) is 0 Å². The van der Waals surface area contributed by atoms with Crippen molar-refractivity contribution in [3.8, 4) is 0 Å². The summed E-state index contributed by atoms with van der Waals surface area (Å²) in [6, 6.07) is 10.4. The van der Waals surface area contributed by atoms with Crippen molar-refractivity contribution >= 4 is 39.8 Å². The summed E-state index contributed by atoms with van der Waals surface area (Å²) in [5.74, 6) is -2.61. The van der Waals surface area contributed by atoms with E-state index in [0.717, 1.165) is 5.39 Å². The van der Waals surface area contributed by atoms with Crippen molar-refractivity contribution < 1.29 is 19.8 Å². The maximum absolute atomic E-state index is 11.0. The Bertz CT molecular complexity index is 717. The summed E-state index contributed by atoms with van der Waals surface area (Å²) in [6.07, 6.45) is -0.654. The van der Waals surface area contributed by atoms with Gasteiger partial charge in [0.05, 0.1) is 12.1 Å². The van der Waals surface area contributed by atoms with Gasteiger partial charge < -0.3 is 15.9 Å². The summed E-state index contributed by atoms with van der Waals surface area (Å²) >= 11 is 0. The minimum atomic E-state index is -1.36. The molecule has 0 spiro atoms. The monoisotopic (exact) mass is 272 g/mol. The van der Waals surface area contributed by atoms with Crippen molar-refractivity contribution in [2.75, 3.05) is 5.73 Å². The zero-order valence-corrected chi connectivity index (χ0v) is 10.4. The van der Waals surface area contributed by atoms with Gasteiger partial charge in [0, 0.05) is 11.1 Å². The highest BCUT2D eigenvalue weighted by Crippen LogP contribution is 2.31. The minimum Gasteiger partial charge on any atom is -0.481 e. The van der Waals surface area contributed by atoms with Crippen LogP contribution in [0.15, 0.2) is 41.4 Å². The number of aliphatic carboxylic acids is 2. The van der Waals surface area contributed by atoms with Crippen molar-refractivity contribution in [2.24, 2.45) is 4.99 Å². The number of benzene rings is 2. The average molecular weight is 272 g/mol. The quantitative estimate of drug-likeness (QED) is 0.582. The molecule has 0 heterocycles. The van der Waals surface area contributed by atoms with E-state index in [1.807, 2.05) is 12.1 Å². The predicted octanol–water partition coefficient (Wildman–Crippen LogP) is 2.05. The summed E-state index contributed by atoms with van der Waals surface area (Å²) in [4.78, 5) is 25.6. The number of aliphatic imine (C=N–C) groups is 1. The van der Waals surface area contributed by atoms with Gasteiger partial charge in [0.15, 0.2) is 0 Å². The second-order valence-electron chi connectivity index (χ2n) is 4.16. The smallest absolute Gasteiger partial charge is 0.350 e. The molecule has 6 heteroatoms. The van der Waals surface area contributed by atoms with Gasteiger partial charge in [-0.3, -0.25) is 4.79 Å². The van der Waals surface area contributed by atoms with Crippen LogP contribution in [0.4, 0.5) is 11.4 Å². The lowest BCUT2D eigenvalue weighted by atomic mass is 10.1. The highest BCUT2D eigenvalue weighted by molar-refractivity contribution is 6.39. The zero-order valence-electron chi connectivity index (χ0n) is 10.4. The molecule has 0 atom stereocenters. The normalized spacial score (nSPS) is 11.5. The Labute approximate surface area is 114 Å². The largest absolute Gasteiger partial charge is 0.481 e. The third-order valence-electron chi connectivity index (χ3n) is 2.74. The van der Waals surface area contributed by atoms with Gasteiger partial charge in [0.25, 0.3) is 0 Å². The van der Waals surface area contributed by atoms with Crippen LogP contribution in [0.1, 0.15) is 6.42 Å². The lowest BCUT2D eigenvalue weighted by Gasteiger charge is -2.06. The highest BCUT2D eigenvalue weighted by atomic mass is 16.4. The van der Waals surface area contributed by atoms with Crippen LogP contribution in [0.25, 0.3) is 10.8 Å². The number of hydrogen-bond donors (Lipinski definition) is 3. The summed E-state index contributed by atoms with van der Waals surface area (Å²) < 4.78 is 0. The number of nitrogens with two attached hydrogens (primary N) is 1. The van der Waals surface area contributed by atoms with Gasteiger partial charge in [0.2, 0.25) is 0 Å². The number of nitrogens with zero attached hydrogens (tertiary/aromatic N) is 1. The first-order valence-corrected chi connectivity index (χ1v) is 5.79. The van der Waals surface area contributed by atoms with Crippen LogP contribution in [-0.2, 0) is 9.59 Å². The van der Waals surface area contributed by atoms with E-state index >= 15 is 0 Å². The van der Waals surface area contributed by atoms with Crippen LogP contribution in [0.2, 0.25) is 0 Å². The molecule has 4 N–H and O–H groups in total. The fourth-order valence-corrected chi connectivity index (χ4v) is 1.89. The van der Waals surface area contributed by atoms with Crippen molar-refractivity contribution in [1.29, 1.82) is 0 Å². The first-order valence-electron chi connectivity index (χ1n) is 5.79. The standard InChI is InChI=1S/C14H12N2O4/c15-9-5-1-3-8-4-2-6-10(13(8)9)16-11(14(19)20)7-12(17)18/h1-6H,7,15H2,(H,17,18)(H,19,20). The van der Waals surface area contributed by atoms with Crippen LogP contribution in [-0.4, -0.2) is 27.9 Å². The first-order chi connectivity index (χ1) is 9.49. The number of carbonyl (C=O) groups is 2. The molecule has 6 nitrogen and oxygen atoms in total. The molecule has 0 fully saturated rings. The molecule has 0 amide bonds. The Morgan fingerprint density at radius 2 is 1.75 bits per heavy atom. The number of nitrogen functional groups attached to an aromatic ring is 1. The fourth-order valence-electron chi connectivity index (χ4n) is 1.89. The summed E-state index contributed by atoms with van der Waals surface area (Å²) in [5.41, 5.74) is 6.25. The van der Waals surface area contributed by atoms with E-state index < -0.39 is 24.1 Å². The summed E-state index contributed by atoms with van der Waals surface area (Å²) in [7, 11) is 0. The molecule has 0 unspecified atom stereocenters. The third-order valence-corrected chi connectivity index (χ3v) is 2.74. The molecule has 0 aliphatic rings. The number of rotatable bonds is 4. The van der Waals surface area contributed by atoms with Crippen LogP contribution >= 0.6 is 0 Å². The molecule has 0 bridgehead atoms. The van der Waals surface area contributed by atoms with Gasteiger partial charge in [-0.1, -0.05) is 24.3 Å². The molecule has 0 saturated carbocycles. The Morgan fingerprint density at radius 3 is 2.35 bits per heavy atom. The number of carboxylic acid groups (broad SMARTS) is 2. The zero-order chi connectivity index (χ0) is 14.7. The molecule has 0 radical (unpaired) electrons. The van der Waals surface area contributed by atoms with E-state index in [9.17, 15) is 9.59 Å². The molecule has 2 rings (SSSR count). The Morgan fingerprint density at radius 1 is 1.10 bits per heavy atom. The van der Waals surface area contributed by atoms with Gasteiger partial charge in [-0.25, -0.2) is 9.79 Å². The molecule has 0 aliphatic carbocycles. The van der Waals surface area contributed by atoms with E-state index in [4.69, 9.17) is 15.9 Å². The molecule has 0 aromatic heterocycles. The fraction of sp³-hybridized carbons (Fsp3) is 0.0714. The molecule has 102 valence electrons. The van der Waals surface area contributed by atoms with E-state index in [1.165, 1.54) is 0 Å². The SMILES string of the molecule is Nc1cccc2cccc(N=C(CC(=O)O)C(=O)O)c12. The van der Waals surface area contributed by atoms with E-state index in [2.05, 4.69) is 4.99 Å². The molecule has 0 saturated heterocycles. The molecular weight excluding hydrogens is 260 g/mol. The second-order valence-corrected chi connectivity index (χ2v) is 4.16. The Balaban J connectivity index is 2.62. The van der Waals surface area contributed by atoms with Gasteiger partial charge in [-0.2, -0.15) is 0 Å². The van der Waals surface area contributed by atoms with E-state index in [0.29, 0.717) is 16.8 Å². The summed E-state index contributed by atoms with van der Waals surface area (Å²) in [6.45, 7) is 0. The molecular formula is C14H12N2O4. The van der Waals surface area contributed by atoms with Crippen LogP contribution in [0.3, 0.4) is 0 Å². The Hall–Kier alpha value is -2.89. The van der Waals surface area contributed by atoms with Gasteiger partial charge in [0.1, 0.15) is 5.71 Å². The van der Waals surface area contributed by atoms with Crippen molar-refractivity contribution in [2.45, 2.75) is 6.42 Å². The lowest BCUT2D eigenvalue weighted by Crippen LogP contribution is -2.17. The number of fused-ring (bicyclic) bond motifs is 1. The maximum atomic E-state index is 11.0.